The summed E-state index contributed by atoms with van der Waals surface area (Å²) in [7, 11) is 0. The summed E-state index contributed by atoms with van der Waals surface area (Å²) in [6, 6.07) is 6.88. The van der Waals surface area contributed by atoms with Crippen LogP contribution < -0.4 is 0 Å². The molecule has 2 rings (SSSR count). The second kappa shape index (κ2) is 3.33. The molecule has 0 aliphatic rings. The first-order chi connectivity index (χ1) is 6.85. The van der Waals surface area contributed by atoms with E-state index < -0.39 is 0 Å². The maximum atomic E-state index is 10.6. The van der Waals surface area contributed by atoms with Gasteiger partial charge in [-0.3, -0.25) is 9.59 Å². The van der Waals surface area contributed by atoms with Crippen LogP contribution in [0.25, 0.3) is 5.82 Å². The molecule has 0 aliphatic heterocycles. The second-order valence-corrected chi connectivity index (χ2v) is 2.84. The molecular weight excluding hydrogens is 180 g/mol. The summed E-state index contributed by atoms with van der Waals surface area (Å²) in [5, 5.41) is 0. The summed E-state index contributed by atoms with van der Waals surface area (Å²) in [4.78, 5) is 23.9. The maximum absolute atomic E-state index is 10.6. The van der Waals surface area contributed by atoms with Gasteiger partial charge in [-0.1, -0.05) is 0 Å². The number of H-pyrrole nitrogens is 1. The molecule has 2 heterocycles. The molecule has 0 unspecified atom stereocenters. The van der Waals surface area contributed by atoms with Crippen molar-refractivity contribution in [1.29, 1.82) is 0 Å². The van der Waals surface area contributed by atoms with Gasteiger partial charge in [0.2, 0.25) is 0 Å². The second-order valence-electron chi connectivity index (χ2n) is 2.84. The lowest BCUT2D eigenvalue weighted by atomic mass is 10.4. The molecule has 0 atom stereocenters. The minimum atomic E-state index is 0.491. The summed E-state index contributed by atoms with van der Waals surface area (Å²) < 4.78 is 1.68. The Labute approximate surface area is 80.2 Å². The predicted molar refractivity (Wildman–Crippen MR) is 50.9 cm³/mol. The van der Waals surface area contributed by atoms with Crippen molar-refractivity contribution in [2.75, 3.05) is 0 Å². The van der Waals surface area contributed by atoms with Crippen LogP contribution in [-0.2, 0) is 0 Å². The van der Waals surface area contributed by atoms with E-state index in [-0.39, 0.29) is 0 Å². The van der Waals surface area contributed by atoms with Crippen molar-refractivity contribution in [2.24, 2.45) is 0 Å². The van der Waals surface area contributed by atoms with Crippen LogP contribution in [0.5, 0.6) is 0 Å². The highest BCUT2D eigenvalue weighted by molar-refractivity contribution is 5.75. The zero-order valence-electron chi connectivity index (χ0n) is 7.31. The van der Waals surface area contributed by atoms with Crippen molar-refractivity contribution in [3.05, 3.63) is 41.9 Å². The molecule has 4 heteroatoms. The summed E-state index contributed by atoms with van der Waals surface area (Å²) in [6.07, 6.45) is 3.25. The quantitative estimate of drug-likeness (QED) is 0.741. The van der Waals surface area contributed by atoms with Gasteiger partial charge in [-0.15, -0.1) is 0 Å². The Morgan fingerprint density at radius 3 is 2.64 bits per heavy atom. The molecule has 4 nitrogen and oxygen atoms in total. The average Bonchev–Trinajstić information content (AvgIpc) is 2.85. The Hall–Kier alpha value is -2.10. The topological polar surface area (TPSA) is 54.9 Å². The number of nitrogens with one attached hydrogen (secondary N) is 1. The SMILES string of the molecule is O=Cc1ccc(-n2cccc2C=O)[nH]1. The van der Waals surface area contributed by atoms with Crippen LogP contribution in [0.2, 0.25) is 0 Å². The van der Waals surface area contributed by atoms with E-state index in [1.54, 1.807) is 35.0 Å². The molecule has 0 fully saturated rings. The van der Waals surface area contributed by atoms with Gasteiger partial charge in [-0.2, -0.15) is 0 Å². The fraction of sp³-hybridized carbons (Fsp3) is 0. The number of carbonyl (C=O) groups is 2. The smallest absolute Gasteiger partial charge is 0.166 e. The number of aromatic amines is 1. The van der Waals surface area contributed by atoms with E-state index in [9.17, 15) is 9.59 Å². The van der Waals surface area contributed by atoms with E-state index in [1.165, 1.54) is 0 Å². The third kappa shape index (κ3) is 1.26. The van der Waals surface area contributed by atoms with Crippen LogP contribution in [0.15, 0.2) is 30.5 Å². The predicted octanol–water partition coefficient (Wildman–Crippen LogP) is 1.43. The lowest BCUT2D eigenvalue weighted by Crippen LogP contribution is -1.97. The Bertz CT molecular complexity index is 468. The van der Waals surface area contributed by atoms with Gasteiger partial charge in [0.05, 0.1) is 11.4 Å². The molecule has 2 aromatic rings. The molecule has 0 saturated heterocycles. The molecule has 0 amide bonds. The third-order valence-electron chi connectivity index (χ3n) is 1.98. The van der Waals surface area contributed by atoms with Crippen molar-refractivity contribution < 1.29 is 9.59 Å². The third-order valence-corrected chi connectivity index (χ3v) is 1.98. The van der Waals surface area contributed by atoms with E-state index in [0.29, 0.717) is 17.2 Å². The van der Waals surface area contributed by atoms with E-state index in [1.807, 2.05) is 0 Å². The van der Waals surface area contributed by atoms with Crippen LogP contribution in [0, 0.1) is 0 Å². The van der Waals surface area contributed by atoms with Gasteiger partial charge < -0.3 is 9.55 Å². The standard InChI is InChI=1S/C10H8N2O2/c13-6-8-3-4-10(11-8)12-5-1-2-9(12)7-14/h1-7,11H. The molecule has 0 radical (unpaired) electrons. The van der Waals surface area contributed by atoms with Crippen LogP contribution in [0.4, 0.5) is 0 Å². The van der Waals surface area contributed by atoms with Gasteiger partial charge >= 0.3 is 0 Å². The van der Waals surface area contributed by atoms with E-state index in [0.717, 1.165) is 12.6 Å². The lowest BCUT2D eigenvalue weighted by molar-refractivity contribution is 0.111. The number of aromatic nitrogens is 2. The zero-order valence-corrected chi connectivity index (χ0v) is 7.31. The normalized spacial score (nSPS) is 10.0. The number of rotatable bonds is 3. The molecule has 0 spiro atoms. The van der Waals surface area contributed by atoms with Gasteiger partial charge in [0.25, 0.3) is 0 Å². The maximum Gasteiger partial charge on any atom is 0.166 e. The van der Waals surface area contributed by atoms with E-state index in [4.69, 9.17) is 0 Å². The molecule has 0 saturated carbocycles. The molecule has 0 aromatic carbocycles. The van der Waals surface area contributed by atoms with Gasteiger partial charge in [0.1, 0.15) is 5.82 Å². The molecule has 1 N–H and O–H groups in total. The number of hydrogen-bond donors (Lipinski definition) is 1. The summed E-state index contributed by atoms with van der Waals surface area (Å²) in [6.45, 7) is 0. The Kier molecular flexibility index (Phi) is 2.02. The lowest BCUT2D eigenvalue weighted by Gasteiger charge is -2.00. The van der Waals surface area contributed by atoms with Gasteiger partial charge in [0.15, 0.2) is 12.6 Å². The number of carbonyl (C=O) groups excluding carboxylic acids is 2. The monoisotopic (exact) mass is 188 g/mol. The first kappa shape index (κ1) is 8.50. The Balaban J connectivity index is 2.48. The highest BCUT2D eigenvalue weighted by Gasteiger charge is 2.03. The van der Waals surface area contributed by atoms with Gasteiger partial charge in [-0.25, -0.2) is 0 Å². The van der Waals surface area contributed by atoms with E-state index in [2.05, 4.69) is 4.98 Å². The van der Waals surface area contributed by atoms with Crippen LogP contribution >= 0.6 is 0 Å². The minimum absolute atomic E-state index is 0.491. The molecule has 0 aliphatic carbocycles. The molecule has 70 valence electrons. The van der Waals surface area contributed by atoms with Crippen LogP contribution in [0.1, 0.15) is 21.0 Å². The molecule has 0 bridgehead atoms. The first-order valence-corrected chi connectivity index (χ1v) is 4.12. The zero-order chi connectivity index (χ0) is 9.97. The fourth-order valence-corrected chi connectivity index (χ4v) is 1.32. The average molecular weight is 188 g/mol. The minimum Gasteiger partial charge on any atom is -0.339 e. The summed E-state index contributed by atoms with van der Waals surface area (Å²) >= 11 is 0. The van der Waals surface area contributed by atoms with Crippen LogP contribution in [0.3, 0.4) is 0 Å². The van der Waals surface area contributed by atoms with Gasteiger partial charge in [0, 0.05) is 6.20 Å². The van der Waals surface area contributed by atoms with Crippen molar-refractivity contribution in [3.8, 4) is 5.82 Å². The number of aldehydes is 2. The Morgan fingerprint density at radius 2 is 2.00 bits per heavy atom. The number of nitrogens with zero attached hydrogens (tertiary/aromatic N) is 1. The van der Waals surface area contributed by atoms with Crippen molar-refractivity contribution in [1.82, 2.24) is 9.55 Å². The largest absolute Gasteiger partial charge is 0.339 e. The Morgan fingerprint density at radius 1 is 1.14 bits per heavy atom. The summed E-state index contributed by atoms with van der Waals surface area (Å²) in [5.74, 6) is 0.708. The number of hydrogen-bond acceptors (Lipinski definition) is 2. The molecule has 2 aromatic heterocycles. The molecule has 14 heavy (non-hydrogen) atoms. The van der Waals surface area contributed by atoms with Crippen molar-refractivity contribution in [3.63, 3.8) is 0 Å². The fourth-order valence-electron chi connectivity index (χ4n) is 1.32. The molecular formula is C10H8N2O2. The van der Waals surface area contributed by atoms with Crippen molar-refractivity contribution >= 4 is 12.6 Å². The highest BCUT2D eigenvalue weighted by atomic mass is 16.1. The van der Waals surface area contributed by atoms with E-state index >= 15 is 0 Å². The first-order valence-electron chi connectivity index (χ1n) is 4.12. The van der Waals surface area contributed by atoms with Gasteiger partial charge in [-0.05, 0) is 24.3 Å². The van der Waals surface area contributed by atoms with Crippen molar-refractivity contribution in [2.45, 2.75) is 0 Å². The highest BCUT2D eigenvalue weighted by Crippen LogP contribution is 2.10. The van der Waals surface area contributed by atoms with Crippen LogP contribution in [-0.4, -0.2) is 22.1 Å². The summed E-state index contributed by atoms with van der Waals surface area (Å²) in [5.41, 5.74) is 1.04.